The van der Waals surface area contributed by atoms with Crippen LogP contribution in [0.5, 0.6) is 5.75 Å². The highest BCUT2D eigenvalue weighted by Crippen LogP contribution is 2.35. The van der Waals surface area contributed by atoms with Crippen molar-refractivity contribution in [3.8, 4) is 16.9 Å². The van der Waals surface area contributed by atoms with Gasteiger partial charge in [0.1, 0.15) is 18.4 Å². The number of nitrogens with one attached hydrogen (secondary N) is 1. The molecule has 0 unspecified atom stereocenters. The molecule has 0 bridgehead atoms. The molecule has 1 aromatic heterocycles. The Morgan fingerprint density at radius 3 is 2.61 bits per heavy atom. The lowest BCUT2D eigenvalue weighted by Gasteiger charge is -2.31. The second kappa shape index (κ2) is 14.4. The number of nitrogens with zero attached hydrogens (tertiary/aromatic N) is 2. The normalized spacial score (nSPS) is 11.7. The second-order valence-corrected chi connectivity index (χ2v) is 8.24. The van der Waals surface area contributed by atoms with Gasteiger partial charge >= 0.3 is 0 Å². The number of aryl methyl sites for hydroxylation is 1. The van der Waals surface area contributed by atoms with Gasteiger partial charge in [0, 0.05) is 30.4 Å². The summed E-state index contributed by atoms with van der Waals surface area (Å²) in [5.74, 6) is 0.593. The quantitative estimate of drug-likeness (QED) is 0.311. The van der Waals surface area contributed by atoms with Crippen LogP contribution in [-0.4, -0.2) is 36.0 Å². The number of aromatic nitrogens is 2. The fourth-order valence-corrected chi connectivity index (χ4v) is 3.97. The van der Waals surface area contributed by atoms with Crippen molar-refractivity contribution in [3.05, 3.63) is 90.5 Å². The Balaban J connectivity index is 0.000000583. The van der Waals surface area contributed by atoms with E-state index in [1.807, 2.05) is 42.3 Å². The van der Waals surface area contributed by atoms with Crippen LogP contribution in [0, 0.1) is 13.8 Å². The summed E-state index contributed by atoms with van der Waals surface area (Å²) in [5, 5.41) is 6.95. The van der Waals surface area contributed by atoms with Crippen LogP contribution in [0.15, 0.2) is 73.9 Å². The van der Waals surface area contributed by atoms with Crippen LogP contribution in [0.25, 0.3) is 11.1 Å². The number of fused-ring (bicyclic) bond motifs is 1. The highest BCUT2D eigenvalue weighted by Gasteiger charge is 2.24. The van der Waals surface area contributed by atoms with Crippen molar-refractivity contribution in [2.24, 2.45) is 0 Å². The van der Waals surface area contributed by atoms with E-state index in [0.29, 0.717) is 19.4 Å². The maximum atomic E-state index is 12.9. The molecule has 0 saturated carbocycles. The molecule has 190 valence electrons. The number of carbonyl (C=O) groups is 2. The van der Waals surface area contributed by atoms with Crippen molar-refractivity contribution in [2.45, 2.75) is 39.5 Å². The van der Waals surface area contributed by atoms with Crippen molar-refractivity contribution in [3.63, 3.8) is 0 Å². The minimum Gasteiger partial charge on any atom is -0.493 e. The van der Waals surface area contributed by atoms with Gasteiger partial charge in [0.15, 0.2) is 0 Å². The zero-order valence-corrected chi connectivity index (χ0v) is 21.1. The molecule has 0 radical (unpaired) electrons. The Kier molecular flexibility index (Phi) is 11.3. The number of ether oxygens (including phenoxy) is 1. The summed E-state index contributed by atoms with van der Waals surface area (Å²) in [4.78, 5) is 22.9. The van der Waals surface area contributed by atoms with Crippen LogP contribution in [0.2, 0.25) is 0 Å². The zero-order valence-electron chi connectivity index (χ0n) is 21.1. The molecule has 6 nitrogen and oxygen atoms in total. The molecule has 4 rings (SSSR count). The van der Waals surface area contributed by atoms with Gasteiger partial charge in [0.2, 0.25) is 5.91 Å². The van der Waals surface area contributed by atoms with E-state index in [0.717, 1.165) is 53.6 Å². The first-order valence-electron chi connectivity index (χ1n) is 11.8. The van der Waals surface area contributed by atoms with Gasteiger partial charge in [-0.1, -0.05) is 37.4 Å². The number of benzene rings is 2. The molecule has 7 heteroatoms. The standard InChI is InChI=1S/C24H27N3O2.C4H5F.CH2O/c1-17-7-3-11-23(18(17)2)29-14-6-12-24(28)27-13-5-9-21-20(8-4-10-22(21)27)19-15-25-26-16-19;1-3-4(2)5;1-2/h3-4,7-8,10-11,15-16H,5-6,9,12-14H2,1-2H3,(H,25,26);3H,1-2H2;1H2. The molecular formula is C29H34FN3O3. The van der Waals surface area contributed by atoms with Crippen LogP contribution < -0.4 is 9.64 Å². The van der Waals surface area contributed by atoms with Gasteiger partial charge in [-0.15, -0.1) is 0 Å². The lowest BCUT2D eigenvalue weighted by Crippen LogP contribution is -2.35. The summed E-state index contributed by atoms with van der Waals surface area (Å²) in [5.41, 5.74) is 6.88. The monoisotopic (exact) mass is 491 g/mol. The summed E-state index contributed by atoms with van der Waals surface area (Å²) < 4.78 is 17.0. The van der Waals surface area contributed by atoms with E-state index in [2.05, 4.69) is 55.4 Å². The molecule has 0 saturated heterocycles. The van der Waals surface area contributed by atoms with Crippen molar-refractivity contribution >= 4 is 18.4 Å². The third kappa shape index (κ3) is 7.50. The van der Waals surface area contributed by atoms with Gasteiger partial charge in [-0.05, 0) is 73.6 Å². The molecule has 0 spiro atoms. The van der Waals surface area contributed by atoms with E-state index >= 15 is 0 Å². The maximum absolute atomic E-state index is 12.9. The summed E-state index contributed by atoms with van der Waals surface area (Å²) >= 11 is 0. The third-order valence-corrected chi connectivity index (χ3v) is 5.93. The van der Waals surface area contributed by atoms with Gasteiger partial charge in [0.25, 0.3) is 0 Å². The molecule has 1 aliphatic heterocycles. The average Bonchev–Trinajstić information content (AvgIpc) is 3.44. The van der Waals surface area contributed by atoms with E-state index in [1.54, 1.807) is 0 Å². The number of halogens is 1. The highest BCUT2D eigenvalue weighted by atomic mass is 19.1. The Morgan fingerprint density at radius 2 is 1.94 bits per heavy atom. The summed E-state index contributed by atoms with van der Waals surface area (Å²) in [6, 6.07) is 12.3. The molecule has 2 aromatic carbocycles. The molecule has 1 N–H and O–H groups in total. The first-order valence-corrected chi connectivity index (χ1v) is 11.8. The first-order chi connectivity index (χ1) is 17.4. The summed E-state index contributed by atoms with van der Waals surface area (Å²) in [6.45, 7) is 13.4. The van der Waals surface area contributed by atoms with E-state index in [9.17, 15) is 9.18 Å². The molecule has 1 aliphatic rings. The maximum Gasteiger partial charge on any atom is 0.227 e. The Bertz CT molecular complexity index is 1160. The predicted molar refractivity (Wildman–Crippen MR) is 143 cm³/mol. The number of anilines is 1. The largest absolute Gasteiger partial charge is 0.493 e. The van der Waals surface area contributed by atoms with E-state index in [1.165, 1.54) is 11.1 Å². The Morgan fingerprint density at radius 1 is 1.22 bits per heavy atom. The molecule has 0 atom stereocenters. The number of carbonyl (C=O) groups excluding carboxylic acids is 2. The number of allylic oxidation sites excluding steroid dienone is 2. The third-order valence-electron chi connectivity index (χ3n) is 5.93. The lowest BCUT2D eigenvalue weighted by atomic mass is 9.93. The molecule has 3 aromatic rings. The van der Waals surface area contributed by atoms with Crippen LogP contribution in [-0.2, 0) is 16.0 Å². The van der Waals surface area contributed by atoms with Crippen LogP contribution in [0.3, 0.4) is 0 Å². The van der Waals surface area contributed by atoms with Crippen LogP contribution in [0.4, 0.5) is 10.1 Å². The van der Waals surface area contributed by atoms with E-state index in [4.69, 9.17) is 9.53 Å². The molecular weight excluding hydrogens is 457 g/mol. The molecule has 0 aliphatic carbocycles. The topological polar surface area (TPSA) is 75.3 Å². The van der Waals surface area contributed by atoms with Gasteiger partial charge in [-0.25, -0.2) is 4.39 Å². The minimum atomic E-state index is -0.481. The molecule has 36 heavy (non-hydrogen) atoms. The Hall–Kier alpha value is -4.00. The van der Waals surface area contributed by atoms with Gasteiger partial charge in [-0.2, -0.15) is 5.10 Å². The highest BCUT2D eigenvalue weighted by molar-refractivity contribution is 5.96. The fourth-order valence-electron chi connectivity index (χ4n) is 3.97. The summed E-state index contributed by atoms with van der Waals surface area (Å²) in [7, 11) is 0. The summed E-state index contributed by atoms with van der Waals surface area (Å²) in [6.07, 6.45) is 7.95. The zero-order chi connectivity index (χ0) is 26.5. The predicted octanol–water partition coefficient (Wildman–Crippen LogP) is 6.30. The SMILES string of the molecule is C=CC(=C)F.C=O.Cc1cccc(OCCCC(=O)N2CCCc3c(-c4cn[nH]c4)cccc32)c1C. The van der Waals surface area contributed by atoms with Crippen molar-refractivity contribution < 1.29 is 18.7 Å². The van der Waals surface area contributed by atoms with E-state index in [-0.39, 0.29) is 5.91 Å². The number of hydrogen-bond acceptors (Lipinski definition) is 4. The smallest absolute Gasteiger partial charge is 0.227 e. The van der Waals surface area contributed by atoms with Crippen LogP contribution in [0.1, 0.15) is 36.0 Å². The first kappa shape index (κ1) is 28.2. The van der Waals surface area contributed by atoms with Gasteiger partial charge < -0.3 is 14.4 Å². The molecule has 0 fully saturated rings. The number of rotatable bonds is 7. The van der Waals surface area contributed by atoms with Crippen molar-refractivity contribution in [2.75, 3.05) is 18.1 Å². The van der Waals surface area contributed by atoms with Crippen molar-refractivity contribution in [1.29, 1.82) is 0 Å². The van der Waals surface area contributed by atoms with Crippen LogP contribution >= 0.6 is 0 Å². The number of hydrogen-bond donors (Lipinski definition) is 1. The Labute approximate surface area is 212 Å². The number of aromatic amines is 1. The van der Waals surface area contributed by atoms with E-state index < -0.39 is 5.83 Å². The van der Waals surface area contributed by atoms with Gasteiger partial charge in [-0.3, -0.25) is 9.89 Å². The molecule has 1 amide bonds. The average molecular weight is 492 g/mol. The molecule has 2 heterocycles. The number of amides is 1. The van der Waals surface area contributed by atoms with Crippen molar-refractivity contribution in [1.82, 2.24) is 10.2 Å². The fraction of sp³-hybridized carbons (Fsp3) is 0.276. The second-order valence-electron chi connectivity index (χ2n) is 8.24. The van der Waals surface area contributed by atoms with Gasteiger partial charge in [0.05, 0.1) is 12.8 Å². The lowest BCUT2D eigenvalue weighted by molar-refractivity contribution is -0.118. The minimum absolute atomic E-state index is 0.167. The number of H-pyrrole nitrogens is 1.